The number of urea groups is 1. The van der Waals surface area contributed by atoms with Crippen molar-refractivity contribution < 1.29 is 27.2 Å². The van der Waals surface area contributed by atoms with Crippen molar-refractivity contribution in [3.8, 4) is 6.07 Å². The normalized spacial score (nSPS) is 15.9. The molecule has 0 unspecified atom stereocenters. The smallest absolute Gasteiger partial charge is 0.388 e. The van der Waals surface area contributed by atoms with Gasteiger partial charge in [-0.3, -0.25) is 4.79 Å². The van der Waals surface area contributed by atoms with Gasteiger partial charge in [-0.2, -0.15) is 18.4 Å². The third-order valence-electron chi connectivity index (χ3n) is 5.18. The highest BCUT2D eigenvalue weighted by molar-refractivity contribution is 6.23. The third kappa shape index (κ3) is 3.79. The Kier molecular flexibility index (Phi) is 5.40. The van der Waals surface area contributed by atoms with Crippen molar-refractivity contribution in [2.75, 3.05) is 17.3 Å². The van der Waals surface area contributed by atoms with Gasteiger partial charge < -0.3 is 10.2 Å². The molecule has 1 N–H and O–H groups in total. The van der Waals surface area contributed by atoms with Gasteiger partial charge in [0.2, 0.25) is 0 Å². The van der Waals surface area contributed by atoms with Crippen LogP contribution in [-0.4, -0.2) is 29.4 Å². The van der Waals surface area contributed by atoms with Gasteiger partial charge in [0, 0.05) is 12.7 Å². The van der Waals surface area contributed by atoms with E-state index in [4.69, 9.17) is 5.26 Å². The summed E-state index contributed by atoms with van der Waals surface area (Å²) in [7, 11) is 1.57. The Labute approximate surface area is 175 Å². The van der Waals surface area contributed by atoms with Crippen molar-refractivity contribution in [3.05, 3.63) is 58.9 Å². The Hall–Kier alpha value is -3.61. The fourth-order valence-electron chi connectivity index (χ4n) is 3.42. The van der Waals surface area contributed by atoms with Crippen molar-refractivity contribution in [2.24, 2.45) is 0 Å². The van der Waals surface area contributed by atoms with Crippen LogP contribution in [-0.2, 0) is 17.5 Å². The molecule has 6 nitrogen and oxygen atoms in total. The maximum absolute atomic E-state index is 13.5. The van der Waals surface area contributed by atoms with Gasteiger partial charge >= 0.3 is 12.2 Å². The number of rotatable bonds is 4. The van der Waals surface area contributed by atoms with Crippen LogP contribution >= 0.6 is 0 Å². The molecule has 3 amide bonds. The summed E-state index contributed by atoms with van der Waals surface area (Å²) in [6, 6.07) is 7.21. The summed E-state index contributed by atoms with van der Waals surface area (Å²) in [4.78, 5) is 28.0. The van der Waals surface area contributed by atoms with E-state index in [1.165, 1.54) is 43.0 Å². The fraction of sp³-hybridized carbons (Fsp3) is 0.286. The van der Waals surface area contributed by atoms with Gasteiger partial charge in [0.1, 0.15) is 11.4 Å². The van der Waals surface area contributed by atoms with Crippen molar-refractivity contribution in [3.63, 3.8) is 0 Å². The average molecular weight is 434 g/mol. The molecule has 1 aliphatic heterocycles. The number of carbonyl (C=O) groups is 2. The molecule has 0 radical (unpaired) electrons. The summed E-state index contributed by atoms with van der Waals surface area (Å²) < 4.78 is 53.5. The molecule has 0 aromatic heterocycles. The number of anilines is 2. The predicted molar refractivity (Wildman–Crippen MR) is 105 cm³/mol. The number of nitrogens with one attached hydrogen (secondary N) is 1. The minimum Gasteiger partial charge on any atom is -0.388 e. The van der Waals surface area contributed by atoms with Crippen LogP contribution in [0.4, 0.5) is 33.7 Å². The van der Waals surface area contributed by atoms with Gasteiger partial charge in [-0.1, -0.05) is 6.07 Å². The predicted octanol–water partition coefficient (Wildman–Crippen LogP) is 4.51. The number of amides is 3. The van der Waals surface area contributed by atoms with Crippen LogP contribution in [0.5, 0.6) is 0 Å². The first-order valence-corrected chi connectivity index (χ1v) is 9.15. The van der Waals surface area contributed by atoms with Crippen LogP contribution < -0.4 is 10.2 Å². The number of hydrogen-bond acceptors (Lipinski definition) is 4. The Morgan fingerprint density at radius 1 is 1.13 bits per heavy atom. The lowest BCUT2D eigenvalue weighted by Gasteiger charge is -2.28. The Morgan fingerprint density at radius 3 is 2.39 bits per heavy atom. The molecule has 2 aromatic rings. The Balaban J connectivity index is 2.03. The van der Waals surface area contributed by atoms with Crippen LogP contribution in [0.3, 0.4) is 0 Å². The van der Waals surface area contributed by atoms with Gasteiger partial charge in [0.05, 0.1) is 29.4 Å². The highest BCUT2D eigenvalue weighted by Crippen LogP contribution is 2.38. The number of carbonyl (C=O) groups excluding carboxylic acids is 2. The van der Waals surface area contributed by atoms with Gasteiger partial charge in [-0.25, -0.2) is 14.1 Å². The third-order valence-corrected chi connectivity index (χ3v) is 5.18. The average Bonchev–Trinajstić information content (AvgIpc) is 2.87. The maximum Gasteiger partial charge on any atom is 0.417 e. The summed E-state index contributed by atoms with van der Waals surface area (Å²) in [5.74, 6) is -1.21. The van der Waals surface area contributed by atoms with E-state index in [9.17, 15) is 27.2 Å². The van der Waals surface area contributed by atoms with E-state index in [0.717, 1.165) is 12.1 Å². The first-order valence-electron chi connectivity index (χ1n) is 9.15. The highest BCUT2D eigenvalue weighted by Gasteiger charge is 2.52. The first-order chi connectivity index (χ1) is 14.4. The number of halogens is 4. The number of imide groups is 1. The molecule has 1 fully saturated rings. The van der Waals surface area contributed by atoms with Crippen LogP contribution in [0, 0.1) is 17.1 Å². The van der Waals surface area contributed by atoms with E-state index in [-0.39, 0.29) is 12.2 Å². The summed E-state index contributed by atoms with van der Waals surface area (Å²) in [6.07, 6.45) is -4.84. The molecule has 31 heavy (non-hydrogen) atoms. The zero-order chi connectivity index (χ0) is 23.1. The molecule has 1 heterocycles. The van der Waals surface area contributed by atoms with E-state index < -0.39 is 40.6 Å². The van der Waals surface area contributed by atoms with E-state index in [1.54, 1.807) is 7.05 Å². The standard InChI is InChI=1S/C21H18F4N4O2/c1-20(2)18(30)29(15-7-5-12(10-26)16(9-15)21(23,24)25)19(31)28(20)11-13-4-6-14(22)8-17(13)27-3/h4-9,27H,11H2,1-3H3. The second kappa shape index (κ2) is 7.58. The van der Waals surface area contributed by atoms with Gasteiger partial charge in [-0.05, 0) is 49.7 Å². The molecule has 1 aliphatic rings. The SMILES string of the molecule is CNc1cc(F)ccc1CN1C(=O)N(c2ccc(C#N)c(C(F)(F)F)c2)C(=O)C1(C)C. The van der Waals surface area contributed by atoms with Gasteiger partial charge in [0.25, 0.3) is 5.91 Å². The molecule has 0 saturated carbocycles. The van der Waals surface area contributed by atoms with Crippen LogP contribution in [0.2, 0.25) is 0 Å². The quantitative estimate of drug-likeness (QED) is 0.568. The van der Waals surface area contributed by atoms with Crippen molar-refractivity contribution in [2.45, 2.75) is 32.1 Å². The Bertz CT molecular complexity index is 1110. The lowest BCUT2D eigenvalue weighted by Crippen LogP contribution is -2.43. The second-order valence-corrected chi connectivity index (χ2v) is 7.46. The zero-order valence-corrected chi connectivity index (χ0v) is 16.8. The Morgan fingerprint density at radius 2 is 1.81 bits per heavy atom. The molecule has 2 aromatic carbocycles. The molecule has 1 saturated heterocycles. The molecule has 3 rings (SSSR count). The minimum absolute atomic E-state index is 0.0765. The van der Waals surface area contributed by atoms with Crippen molar-refractivity contribution >= 4 is 23.3 Å². The fourth-order valence-corrected chi connectivity index (χ4v) is 3.42. The number of nitriles is 1. The monoisotopic (exact) mass is 434 g/mol. The van der Waals surface area contributed by atoms with Crippen molar-refractivity contribution in [1.82, 2.24) is 4.90 Å². The number of nitrogens with zero attached hydrogens (tertiary/aromatic N) is 3. The summed E-state index contributed by atoms with van der Waals surface area (Å²) in [5.41, 5.74) is -2.58. The van der Waals surface area contributed by atoms with Gasteiger partial charge in [-0.15, -0.1) is 0 Å². The highest BCUT2D eigenvalue weighted by atomic mass is 19.4. The van der Waals surface area contributed by atoms with E-state index in [1.807, 2.05) is 0 Å². The lowest BCUT2D eigenvalue weighted by atomic mass is 10.0. The molecule has 10 heteroatoms. The van der Waals surface area contributed by atoms with Crippen LogP contribution in [0.15, 0.2) is 36.4 Å². The number of benzene rings is 2. The van der Waals surface area contributed by atoms with Gasteiger partial charge in [0.15, 0.2) is 0 Å². The molecule has 0 atom stereocenters. The van der Waals surface area contributed by atoms with Crippen molar-refractivity contribution in [1.29, 1.82) is 5.26 Å². The largest absolute Gasteiger partial charge is 0.417 e. The molecule has 0 bridgehead atoms. The zero-order valence-electron chi connectivity index (χ0n) is 16.8. The van der Waals surface area contributed by atoms with Crippen LogP contribution in [0.1, 0.15) is 30.5 Å². The molecule has 0 aliphatic carbocycles. The minimum atomic E-state index is -4.84. The lowest BCUT2D eigenvalue weighted by molar-refractivity contribution is -0.137. The van der Waals surface area contributed by atoms with E-state index >= 15 is 0 Å². The van der Waals surface area contributed by atoms with Crippen LogP contribution in [0.25, 0.3) is 0 Å². The summed E-state index contributed by atoms with van der Waals surface area (Å²) >= 11 is 0. The second-order valence-electron chi connectivity index (χ2n) is 7.46. The molecule has 162 valence electrons. The van der Waals surface area contributed by atoms with E-state index in [0.29, 0.717) is 22.2 Å². The first kappa shape index (κ1) is 22.1. The topological polar surface area (TPSA) is 76.4 Å². The number of alkyl halides is 3. The van der Waals surface area contributed by atoms with E-state index in [2.05, 4.69) is 5.32 Å². The molecular formula is C21H18F4N4O2. The number of hydrogen-bond donors (Lipinski definition) is 1. The maximum atomic E-state index is 13.5. The summed E-state index contributed by atoms with van der Waals surface area (Å²) in [5, 5.41) is 11.8. The molecular weight excluding hydrogens is 416 g/mol. The summed E-state index contributed by atoms with van der Waals surface area (Å²) in [6.45, 7) is 2.88. The molecule has 0 spiro atoms.